The predicted molar refractivity (Wildman–Crippen MR) is 318 cm³/mol. The molecule has 25 nitrogen and oxygen atoms in total. The zero-order valence-corrected chi connectivity index (χ0v) is 51.5. The van der Waals surface area contributed by atoms with Crippen LogP contribution in [0, 0.1) is 42.4 Å². The first-order valence-electron chi connectivity index (χ1n) is 28.9. The lowest BCUT2D eigenvalue weighted by molar-refractivity contribution is -0.164. The molecule has 7 N–H and O–H groups in total. The maximum absolute atomic E-state index is 15.1. The number of piperazine rings is 1. The smallest absolute Gasteiger partial charge is 0.355 e. The van der Waals surface area contributed by atoms with Crippen molar-refractivity contribution in [3.63, 3.8) is 0 Å². The summed E-state index contributed by atoms with van der Waals surface area (Å²) < 4.78 is 47.5. The van der Waals surface area contributed by atoms with Crippen LogP contribution in [-0.2, 0) is 52.3 Å². The van der Waals surface area contributed by atoms with E-state index < -0.39 is 138 Å². The van der Waals surface area contributed by atoms with Gasteiger partial charge in [-0.1, -0.05) is 66.7 Å². The van der Waals surface area contributed by atoms with E-state index >= 15 is 4.79 Å². The van der Waals surface area contributed by atoms with Gasteiger partial charge in [0.15, 0.2) is 23.4 Å². The summed E-state index contributed by atoms with van der Waals surface area (Å²) in [6.45, 7) is 21.8. The molecule has 26 heteroatoms. The van der Waals surface area contributed by atoms with Crippen LogP contribution in [0.5, 0.6) is 17.2 Å². The standard InChI is InChI=1S/C61H78N5O20P/c1-30(2)28-65-20-22-66(23-21-65)39-26-40(69)49-41(27-39)84-58-50(63-49)46-47-53(74)37(9)57-48(46)59(76)61(11,86-57)82-25-19-31(3)34(6)56(83-38(10)68)36(8)52(73)35(7)55(32(4)14-12-15-33(5)60(77)64-51(58)54(47)75)85-45(72)16-13-24-81-44(71)18-17-42(70)62-43(29-67)87(78,79)80/h12,14-15,19,25-27,29-32,34-36,43,52,55-56,69,73-74H,13,16-18,20-24,28H2,1-11H3,(H,62,70)(H,64,77)(H2,78,79,80)/b14-12+,25-19+,33-15-/t31-,32-,34+,35-,36+,43?,52+,55-,56+,61-/m0/s1. The Hall–Kier alpha value is -7.70. The minimum Gasteiger partial charge on any atom is -0.507 e. The van der Waals surface area contributed by atoms with E-state index in [9.17, 15) is 63.2 Å². The van der Waals surface area contributed by atoms with Gasteiger partial charge in [0.2, 0.25) is 11.3 Å². The molecule has 1 aliphatic carbocycles. The van der Waals surface area contributed by atoms with Gasteiger partial charge in [0.25, 0.3) is 11.7 Å². The Morgan fingerprint density at radius 3 is 2.23 bits per heavy atom. The number of Topliss-reactive ketones (excluding diaryl/α,β-unsaturated/α-hetero) is 1. The number of carbonyl (C=O) groups is 7. The van der Waals surface area contributed by atoms with Crippen molar-refractivity contribution in [3.05, 3.63) is 69.6 Å². The lowest BCUT2D eigenvalue weighted by atomic mass is 9.77. The van der Waals surface area contributed by atoms with E-state index in [-0.39, 0.29) is 81.9 Å². The maximum Gasteiger partial charge on any atom is 0.355 e. The molecule has 0 spiro atoms. The van der Waals surface area contributed by atoms with E-state index in [1.165, 1.54) is 46.1 Å². The van der Waals surface area contributed by atoms with Gasteiger partial charge >= 0.3 is 31.3 Å². The number of rotatable bonds is 15. The number of nitrogens with one attached hydrogen (secondary N) is 2. The van der Waals surface area contributed by atoms with Crippen LogP contribution in [0.1, 0.15) is 111 Å². The number of phenolic OH excluding ortho intramolecular Hbond substituents is 2. The van der Waals surface area contributed by atoms with Gasteiger partial charge in [0.05, 0.1) is 36.3 Å². The first-order valence-corrected chi connectivity index (χ1v) is 30.6. The Morgan fingerprint density at radius 2 is 1.59 bits per heavy atom. The van der Waals surface area contributed by atoms with Crippen LogP contribution in [-0.4, -0.2) is 146 Å². The number of aromatic nitrogens is 1. The van der Waals surface area contributed by atoms with E-state index in [1.807, 2.05) is 5.32 Å². The molecular formula is C61H78N5O20P. The molecule has 10 atom stereocenters. The van der Waals surface area contributed by atoms with E-state index in [4.69, 9.17) is 33.1 Å². The number of ether oxygens (including phenoxy) is 5. The number of esters is 3. The SMILES string of the molecule is CC(=O)O[C@H]1[C@H](C)[C@H](O)[C@H](C)[C@@H](OC(=O)CCCOC(=O)CCC(=O)NC(C=O)P(=O)(O)O)[C@@H](C)/C=C/C=C(/C)C(=O)Nc2c3oc4cc(N5CCN(CC(C)C)CC5)cc(O)c4nc-3c3c4c(c(C)c(O)c3c2=O)O[C@](C)(O/C=C/[C@H](C)[C@H]1C)C4=O. The van der Waals surface area contributed by atoms with Crippen molar-refractivity contribution in [1.82, 2.24) is 15.2 Å². The number of aldehydes is 1. The normalized spacial score (nSPS) is 25.9. The van der Waals surface area contributed by atoms with Crippen molar-refractivity contribution in [1.29, 1.82) is 0 Å². The average molecular weight is 1230 g/mol. The first-order chi connectivity index (χ1) is 40.9. The molecule has 5 heterocycles. The minimum absolute atomic E-state index is 0.00720. The summed E-state index contributed by atoms with van der Waals surface area (Å²) in [5, 5.41) is 39.8. The predicted octanol–water partition coefficient (Wildman–Crippen LogP) is 6.53. The molecule has 5 aliphatic heterocycles. The third kappa shape index (κ3) is 15.0. The highest BCUT2D eigenvalue weighted by molar-refractivity contribution is 7.53. The topological polar surface area (TPSA) is 358 Å². The van der Waals surface area contributed by atoms with Gasteiger partial charge in [-0.25, -0.2) is 4.98 Å². The number of ketones is 1. The summed E-state index contributed by atoms with van der Waals surface area (Å²) in [5.41, 5.74) is -1.15. The van der Waals surface area contributed by atoms with E-state index in [2.05, 4.69) is 29.0 Å². The summed E-state index contributed by atoms with van der Waals surface area (Å²) in [6.07, 6.45) is 2.48. The molecule has 2 aromatic carbocycles. The molecule has 5 bridgehead atoms. The highest BCUT2D eigenvalue weighted by atomic mass is 31.2. The highest BCUT2D eigenvalue weighted by Crippen LogP contribution is 2.51. The van der Waals surface area contributed by atoms with Crippen LogP contribution >= 0.6 is 7.60 Å². The molecule has 472 valence electrons. The summed E-state index contributed by atoms with van der Waals surface area (Å²) in [5.74, 6) is -13.4. The molecule has 2 amide bonds. The number of hydrogen-bond donors (Lipinski definition) is 7. The number of hydrogen-bond acceptors (Lipinski definition) is 21. The zero-order valence-electron chi connectivity index (χ0n) is 50.6. The van der Waals surface area contributed by atoms with Gasteiger partial charge in [-0.3, -0.25) is 43.0 Å². The number of phenols is 2. The number of aliphatic hydroxyl groups is 1. The largest absolute Gasteiger partial charge is 0.507 e. The first kappa shape index (κ1) is 66.8. The number of allylic oxidation sites excluding steroid dienone is 3. The number of aromatic hydroxyl groups is 2. The minimum atomic E-state index is -4.98. The van der Waals surface area contributed by atoms with E-state index in [0.717, 1.165) is 19.6 Å². The number of fused-ring (bicyclic) bond motifs is 14. The van der Waals surface area contributed by atoms with Gasteiger partial charge in [-0.05, 0) is 44.1 Å². The fourth-order valence-corrected chi connectivity index (χ4v) is 11.6. The second-order valence-corrected chi connectivity index (χ2v) is 25.1. The Morgan fingerprint density at radius 1 is 0.908 bits per heavy atom. The average Bonchev–Trinajstić information content (AvgIpc) is 1.71. The number of amides is 2. The number of anilines is 2. The molecule has 6 aliphatic rings. The molecular weight excluding hydrogens is 1150 g/mol. The third-order valence-electron chi connectivity index (χ3n) is 16.3. The van der Waals surface area contributed by atoms with Gasteiger partial charge in [-0.15, -0.1) is 0 Å². The van der Waals surface area contributed by atoms with Crippen molar-refractivity contribution in [2.24, 2.45) is 35.5 Å². The number of aliphatic hydroxyl groups excluding tert-OH is 1. The Bertz CT molecular complexity index is 3490. The van der Waals surface area contributed by atoms with Crippen molar-refractivity contribution >= 4 is 82.6 Å². The second-order valence-electron chi connectivity index (χ2n) is 23.4. The monoisotopic (exact) mass is 1230 g/mol. The Kier molecular flexibility index (Phi) is 21.2. The molecule has 0 aromatic heterocycles. The molecule has 0 radical (unpaired) electrons. The summed E-state index contributed by atoms with van der Waals surface area (Å²) >= 11 is 0. The quantitative estimate of drug-likeness (QED) is 0.0126. The number of nitrogens with zero attached hydrogens (tertiary/aromatic N) is 3. The van der Waals surface area contributed by atoms with E-state index in [1.54, 1.807) is 58.9 Å². The molecule has 1 unspecified atom stereocenters. The van der Waals surface area contributed by atoms with Gasteiger partial charge in [0, 0.05) is 112 Å². The fourth-order valence-electron chi connectivity index (χ4n) is 11.2. The van der Waals surface area contributed by atoms with Gasteiger partial charge in [0.1, 0.15) is 46.4 Å². The number of carbonyl (C=O) groups excluding carboxylic acids is 7. The van der Waals surface area contributed by atoms with Crippen LogP contribution in [0.15, 0.2) is 57.5 Å². The van der Waals surface area contributed by atoms with Crippen LogP contribution in [0.2, 0.25) is 0 Å². The molecule has 1 fully saturated rings. The fraction of sp³-hybridized carbons (Fsp3) is 0.525. The van der Waals surface area contributed by atoms with Crippen LogP contribution in [0.4, 0.5) is 11.4 Å². The molecule has 0 saturated carbocycles. The summed E-state index contributed by atoms with van der Waals surface area (Å²) in [4.78, 5) is 134. The highest BCUT2D eigenvalue weighted by Gasteiger charge is 2.50. The molecule has 87 heavy (non-hydrogen) atoms. The second kappa shape index (κ2) is 27.6. The van der Waals surface area contributed by atoms with Crippen molar-refractivity contribution in [2.75, 3.05) is 49.5 Å². The Balaban J connectivity index is 1.26. The molecule has 1 saturated heterocycles. The van der Waals surface area contributed by atoms with Crippen LogP contribution in [0.25, 0.3) is 33.3 Å². The third-order valence-corrected chi connectivity index (χ3v) is 17.3. The van der Waals surface area contributed by atoms with E-state index in [0.29, 0.717) is 24.7 Å². The lowest BCUT2D eigenvalue weighted by Crippen LogP contribution is -2.47. The number of benzene rings is 3. The van der Waals surface area contributed by atoms with Crippen LogP contribution < -0.4 is 25.7 Å². The maximum atomic E-state index is 15.1. The Labute approximate surface area is 502 Å². The lowest BCUT2D eigenvalue weighted by Gasteiger charge is -2.38. The summed E-state index contributed by atoms with van der Waals surface area (Å²) in [6, 6.07) is 3.22. The van der Waals surface area contributed by atoms with Crippen molar-refractivity contribution < 1.29 is 91.3 Å². The molecule has 2 aromatic rings. The van der Waals surface area contributed by atoms with Gasteiger partial charge < -0.3 is 73.5 Å². The van der Waals surface area contributed by atoms with Crippen molar-refractivity contribution in [2.45, 2.75) is 132 Å². The zero-order chi connectivity index (χ0) is 64.1. The van der Waals surface area contributed by atoms with Crippen LogP contribution in [0.3, 0.4) is 0 Å². The van der Waals surface area contributed by atoms with Gasteiger partial charge in [-0.2, -0.15) is 0 Å². The molecule has 8 rings (SSSR count). The van der Waals surface area contributed by atoms with Crippen molar-refractivity contribution in [3.8, 4) is 28.7 Å². The summed E-state index contributed by atoms with van der Waals surface area (Å²) in [7, 11) is -4.98.